The van der Waals surface area contributed by atoms with E-state index in [2.05, 4.69) is 10.3 Å². The van der Waals surface area contributed by atoms with Crippen LogP contribution in [0.15, 0.2) is 11.0 Å². The van der Waals surface area contributed by atoms with Crippen LogP contribution in [0.2, 0.25) is 0 Å². The summed E-state index contributed by atoms with van der Waals surface area (Å²) in [7, 11) is -3.18. The Morgan fingerprint density at radius 3 is 2.94 bits per heavy atom. The lowest BCUT2D eigenvalue weighted by Crippen LogP contribution is -2.22. The van der Waals surface area contributed by atoms with E-state index in [0.29, 0.717) is 35.7 Å². The normalized spacial score (nSPS) is 17.8. The number of aryl methyl sites for hydroxylation is 1. The first kappa shape index (κ1) is 11.2. The Balaban J connectivity index is 2.40. The Morgan fingerprint density at radius 1 is 1.56 bits per heavy atom. The second kappa shape index (κ2) is 3.93. The van der Waals surface area contributed by atoms with Gasteiger partial charge in [0.25, 0.3) is 5.91 Å². The van der Waals surface area contributed by atoms with Gasteiger partial charge in [-0.15, -0.1) is 0 Å². The van der Waals surface area contributed by atoms with Crippen LogP contribution in [0.4, 0.5) is 0 Å². The average Bonchev–Trinajstić information content (AvgIpc) is 2.63. The molecule has 0 bridgehead atoms. The minimum Gasteiger partial charge on any atom is -0.353 e. The number of amides is 1. The molecule has 16 heavy (non-hydrogen) atoms. The molecule has 1 aliphatic heterocycles. The van der Waals surface area contributed by atoms with Gasteiger partial charge in [-0.05, 0) is 25.8 Å². The molecule has 6 heteroatoms. The van der Waals surface area contributed by atoms with Gasteiger partial charge in [0, 0.05) is 12.2 Å². The molecule has 1 aromatic rings. The summed E-state index contributed by atoms with van der Waals surface area (Å²) in [6.07, 6.45) is 1.30. The number of rotatable bonds is 2. The zero-order chi connectivity index (χ0) is 11.8. The highest BCUT2D eigenvalue weighted by atomic mass is 32.2. The molecule has 0 aliphatic carbocycles. The lowest BCUT2D eigenvalue weighted by Gasteiger charge is -2.10. The molecule has 0 fully saturated rings. The fourth-order valence-electron chi connectivity index (χ4n) is 1.87. The molecule has 0 unspecified atom stereocenters. The first-order valence-corrected chi connectivity index (χ1v) is 6.92. The van der Waals surface area contributed by atoms with E-state index in [4.69, 9.17) is 0 Å². The highest BCUT2D eigenvalue weighted by Crippen LogP contribution is 2.25. The lowest BCUT2D eigenvalue weighted by atomic mass is 10.2. The fourth-order valence-corrected chi connectivity index (χ4v) is 3.44. The topological polar surface area (TPSA) is 79.0 Å². The van der Waals surface area contributed by atoms with E-state index in [1.165, 1.54) is 6.07 Å². The molecule has 1 aliphatic rings. The van der Waals surface area contributed by atoms with Gasteiger partial charge in [-0.1, -0.05) is 0 Å². The first-order chi connectivity index (χ1) is 7.54. The Morgan fingerprint density at radius 2 is 2.31 bits per heavy atom. The smallest absolute Gasteiger partial charge is 0.267 e. The van der Waals surface area contributed by atoms with Crippen LogP contribution < -0.4 is 5.32 Å². The molecule has 2 heterocycles. The summed E-state index contributed by atoms with van der Waals surface area (Å²) < 4.78 is 23.4. The zero-order valence-electron chi connectivity index (χ0n) is 9.04. The van der Waals surface area contributed by atoms with Gasteiger partial charge >= 0.3 is 0 Å². The Labute approximate surface area is 94.2 Å². The standard InChI is InChI=1S/C10H14N2O3S/c1-2-11-10(13)8-6-9-7(12-8)4-3-5-16(9,14)15/h6,12H,2-5H2,1H3,(H,11,13). The molecule has 0 radical (unpaired) electrons. The van der Waals surface area contributed by atoms with Crippen molar-refractivity contribution in [2.24, 2.45) is 0 Å². The van der Waals surface area contributed by atoms with Gasteiger partial charge in [0.05, 0.1) is 10.6 Å². The lowest BCUT2D eigenvalue weighted by molar-refractivity contribution is 0.0951. The summed E-state index contributed by atoms with van der Waals surface area (Å²) in [5, 5.41) is 2.63. The highest BCUT2D eigenvalue weighted by molar-refractivity contribution is 7.91. The van der Waals surface area contributed by atoms with Crippen molar-refractivity contribution in [3.63, 3.8) is 0 Å². The Hall–Kier alpha value is -1.30. The van der Waals surface area contributed by atoms with Crippen LogP contribution in [0.3, 0.4) is 0 Å². The first-order valence-electron chi connectivity index (χ1n) is 5.27. The molecule has 1 amide bonds. The SMILES string of the molecule is CCNC(=O)c1cc2c([nH]1)CCCS2(=O)=O. The van der Waals surface area contributed by atoms with Gasteiger partial charge in [0.2, 0.25) is 0 Å². The largest absolute Gasteiger partial charge is 0.353 e. The number of fused-ring (bicyclic) bond motifs is 1. The fraction of sp³-hybridized carbons (Fsp3) is 0.500. The van der Waals surface area contributed by atoms with Crippen LogP contribution in [0, 0.1) is 0 Å². The van der Waals surface area contributed by atoms with Crippen LogP contribution in [-0.2, 0) is 16.3 Å². The monoisotopic (exact) mass is 242 g/mol. The average molecular weight is 242 g/mol. The minimum absolute atomic E-state index is 0.173. The predicted molar refractivity (Wildman–Crippen MR) is 59.2 cm³/mol. The van der Waals surface area contributed by atoms with Gasteiger partial charge in [-0.25, -0.2) is 8.42 Å². The summed E-state index contributed by atoms with van der Waals surface area (Å²) in [6, 6.07) is 1.44. The number of carbonyl (C=O) groups is 1. The van der Waals surface area contributed by atoms with E-state index in [9.17, 15) is 13.2 Å². The van der Waals surface area contributed by atoms with Crippen molar-refractivity contribution in [3.05, 3.63) is 17.5 Å². The number of hydrogen-bond acceptors (Lipinski definition) is 3. The molecule has 0 saturated carbocycles. The molecule has 0 aromatic carbocycles. The van der Waals surface area contributed by atoms with Crippen LogP contribution >= 0.6 is 0 Å². The van der Waals surface area contributed by atoms with Gasteiger partial charge < -0.3 is 10.3 Å². The quantitative estimate of drug-likeness (QED) is 0.792. The van der Waals surface area contributed by atoms with E-state index in [0.717, 1.165) is 0 Å². The predicted octanol–water partition coefficient (Wildman–Crippen LogP) is 0.484. The summed E-state index contributed by atoms with van der Waals surface area (Å²) in [5.74, 6) is -0.0840. The van der Waals surface area contributed by atoms with Crippen molar-refractivity contribution < 1.29 is 13.2 Å². The van der Waals surface area contributed by atoms with Crippen LogP contribution in [0.1, 0.15) is 29.5 Å². The van der Waals surface area contributed by atoms with E-state index < -0.39 is 9.84 Å². The third-order valence-corrected chi connectivity index (χ3v) is 4.48. The summed E-state index contributed by atoms with van der Waals surface area (Å²) in [4.78, 5) is 14.7. The third-order valence-electron chi connectivity index (χ3n) is 2.62. The maximum absolute atomic E-state index is 11.7. The van der Waals surface area contributed by atoms with Crippen LogP contribution in [0.25, 0.3) is 0 Å². The van der Waals surface area contributed by atoms with Crippen molar-refractivity contribution in [1.29, 1.82) is 0 Å². The maximum atomic E-state index is 11.7. The van der Waals surface area contributed by atoms with Crippen molar-refractivity contribution in [1.82, 2.24) is 10.3 Å². The number of sulfone groups is 1. The number of aromatic nitrogens is 1. The summed E-state index contributed by atoms with van der Waals surface area (Å²) >= 11 is 0. The molecule has 88 valence electrons. The van der Waals surface area contributed by atoms with Gasteiger partial charge in [-0.3, -0.25) is 4.79 Å². The summed E-state index contributed by atoms with van der Waals surface area (Å²) in [5.41, 5.74) is 0.991. The number of nitrogens with one attached hydrogen (secondary N) is 2. The molecule has 2 rings (SSSR count). The Kier molecular flexibility index (Phi) is 2.75. The zero-order valence-corrected chi connectivity index (χ0v) is 9.86. The van der Waals surface area contributed by atoms with E-state index in [1.807, 2.05) is 6.92 Å². The van der Waals surface area contributed by atoms with Gasteiger partial charge in [0.1, 0.15) is 5.69 Å². The molecule has 0 spiro atoms. The van der Waals surface area contributed by atoms with Crippen molar-refractivity contribution in [2.75, 3.05) is 12.3 Å². The van der Waals surface area contributed by atoms with Crippen LogP contribution in [0.5, 0.6) is 0 Å². The van der Waals surface area contributed by atoms with Crippen molar-refractivity contribution >= 4 is 15.7 Å². The van der Waals surface area contributed by atoms with E-state index in [1.54, 1.807) is 0 Å². The third kappa shape index (κ3) is 1.84. The van der Waals surface area contributed by atoms with Crippen LogP contribution in [-0.4, -0.2) is 31.6 Å². The number of carbonyl (C=O) groups excluding carboxylic acids is 1. The molecule has 1 aromatic heterocycles. The molecular weight excluding hydrogens is 228 g/mol. The molecular formula is C10H14N2O3S. The maximum Gasteiger partial charge on any atom is 0.267 e. The van der Waals surface area contributed by atoms with Crippen molar-refractivity contribution in [2.45, 2.75) is 24.7 Å². The number of aromatic amines is 1. The van der Waals surface area contributed by atoms with Gasteiger partial charge in [0.15, 0.2) is 9.84 Å². The molecule has 0 atom stereocenters. The number of hydrogen-bond donors (Lipinski definition) is 2. The molecule has 0 saturated heterocycles. The van der Waals surface area contributed by atoms with E-state index in [-0.39, 0.29) is 11.7 Å². The minimum atomic E-state index is -3.18. The number of H-pyrrole nitrogens is 1. The van der Waals surface area contributed by atoms with Gasteiger partial charge in [-0.2, -0.15) is 0 Å². The van der Waals surface area contributed by atoms with E-state index >= 15 is 0 Å². The van der Waals surface area contributed by atoms with Crippen molar-refractivity contribution in [3.8, 4) is 0 Å². The highest BCUT2D eigenvalue weighted by Gasteiger charge is 2.27. The second-order valence-corrected chi connectivity index (χ2v) is 5.89. The molecule has 2 N–H and O–H groups in total. The summed E-state index contributed by atoms with van der Waals surface area (Å²) in [6.45, 7) is 2.34. The molecule has 5 nitrogen and oxygen atoms in total. The second-order valence-electron chi connectivity index (χ2n) is 3.81. The Bertz CT molecular complexity index is 516.